The molecule has 1 aliphatic rings. The smallest absolute Gasteiger partial charge is 0.151 e. The van der Waals surface area contributed by atoms with E-state index in [1.54, 1.807) is 19.0 Å². The van der Waals surface area contributed by atoms with Crippen LogP contribution in [-0.2, 0) is 9.84 Å². The molecule has 1 heterocycles. The lowest BCUT2D eigenvalue weighted by molar-refractivity contribution is 0.556. The summed E-state index contributed by atoms with van der Waals surface area (Å²) in [7, 11) is 0.701. The Kier molecular flexibility index (Phi) is 2.41. The zero-order valence-corrected chi connectivity index (χ0v) is 8.19. The van der Waals surface area contributed by atoms with Crippen LogP contribution in [0.2, 0.25) is 0 Å². The van der Waals surface area contributed by atoms with Gasteiger partial charge in [-0.05, 0) is 6.42 Å². The number of hydrogen-bond donors (Lipinski definition) is 1. The van der Waals surface area contributed by atoms with Crippen LogP contribution in [0.4, 0.5) is 0 Å². The van der Waals surface area contributed by atoms with Crippen molar-refractivity contribution in [2.45, 2.75) is 6.42 Å². The second-order valence-electron chi connectivity index (χ2n) is 3.38. The molecule has 1 aliphatic heterocycles. The van der Waals surface area contributed by atoms with Gasteiger partial charge >= 0.3 is 0 Å². The van der Waals surface area contributed by atoms with Crippen LogP contribution >= 0.6 is 0 Å². The van der Waals surface area contributed by atoms with Crippen molar-refractivity contribution in [3.8, 4) is 0 Å². The molecule has 0 radical (unpaired) electrons. The van der Waals surface area contributed by atoms with E-state index in [4.69, 9.17) is 5.41 Å². The summed E-state index contributed by atoms with van der Waals surface area (Å²) in [4.78, 5) is 1.67. The molecule has 1 fully saturated rings. The molecule has 1 atom stereocenters. The fourth-order valence-electron chi connectivity index (χ4n) is 1.38. The quantitative estimate of drug-likeness (QED) is 0.466. The summed E-state index contributed by atoms with van der Waals surface area (Å²) < 4.78 is 22.1. The Morgan fingerprint density at radius 2 is 2.08 bits per heavy atom. The molecular weight excluding hydrogens is 176 g/mol. The zero-order chi connectivity index (χ0) is 9.35. The normalized spacial score (nSPS) is 27.0. The fraction of sp³-hybridized carbons (Fsp3) is 0.857. The minimum atomic E-state index is -2.84. The van der Waals surface area contributed by atoms with E-state index in [1.165, 1.54) is 0 Å². The van der Waals surface area contributed by atoms with Crippen LogP contribution in [0.15, 0.2) is 0 Å². The lowest BCUT2D eigenvalue weighted by Crippen LogP contribution is -2.29. The molecule has 70 valence electrons. The van der Waals surface area contributed by atoms with E-state index in [9.17, 15) is 8.42 Å². The van der Waals surface area contributed by atoms with Gasteiger partial charge in [-0.15, -0.1) is 0 Å². The van der Waals surface area contributed by atoms with Gasteiger partial charge in [-0.25, -0.2) is 8.42 Å². The van der Waals surface area contributed by atoms with Crippen LogP contribution in [0.5, 0.6) is 0 Å². The first-order valence-electron chi connectivity index (χ1n) is 3.88. The average Bonchev–Trinajstić information content (AvgIpc) is 2.28. The molecule has 0 amide bonds. The highest BCUT2D eigenvalue weighted by Crippen LogP contribution is 2.19. The molecule has 0 aromatic carbocycles. The first kappa shape index (κ1) is 9.51. The first-order valence-corrected chi connectivity index (χ1v) is 5.71. The van der Waals surface area contributed by atoms with Gasteiger partial charge in [0.05, 0.1) is 17.3 Å². The zero-order valence-electron chi connectivity index (χ0n) is 7.37. The Bertz CT molecular complexity index is 282. The summed E-state index contributed by atoms with van der Waals surface area (Å²) in [5.41, 5.74) is 0. The Hall–Kier alpha value is -0.580. The molecule has 0 aliphatic carbocycles. The van der Waals surface area contributed by atoms with E-state index in [1.807, 2.05) is 0 Å². The van der Waals surface area contributed by atoms with Gasteiger partial charge in [-0.2, -0.15) is 0 Å². The Balaban J connectivity index is 2.65. The topological polar surface area (TPSA) is 61.2 Å². The Labute approximate surface area is 73.0 Å². The van der Waals surface area contributed by atoms with Crippen molar-refractivity contribution in [3.63, 3.8) is 0 Å². The van der Waals surface area contributed by atoms with Gasteiger partial charge in [0.15, 0.2) is 9.84 Å². The molecule has 1 unspecified atom stereocenters. The van der Waals surface area contributed by atoms with Crippen molar-refractivity contribution in [2.24, 2.45) is 5.92 Å². The van der Waals surface area contributed by atoms with E-state index in [0.29, 0.717) is 12.3 Å². The van der Waals surface area contributed by atoms with Crippen molar-refractivity contribution in [1.82, 2.24) is 4.90 Å². The first-order chi connectivity index (χ1) is 5.42. The number of sulfone groups is 1. The van der Waals surface area contributed by atoms with E-state index in [2.05, 4.69) is 0 Å². The minimum Gasteiger partial charge on any atom is -0.366 e. The maximum Gasteiger partial charge on any atom is 0.151 e. The van der Waals surface area contributed by atoms with E-state index in [-0.39, 0.29) is 17.4 Å². The van der Waals surface area contributed by atoms with E-state index < -0.39 is 9.84 Å². The molecule has 0 aromatic rings. The minimum absolute atomic E-state index is 0.0787. The largest absolute Gasteiger partial charge is 0.366 e. The fourth-order valence-corrected chi connectivity index (χ4v) is 3.12. The number of hydrogen-bond acceptors (Lipinski definition) is 3. The molecular formula is C7H14N2O2S. The lowest BCUT2D eigenvalue weighted by Gasteiger charge is -2.17. The SMILES string of the molecule is CN(C)C(=N)C1CCS(=O)(=O)C1. The molecule has 5 heteroatoms. The monoisotopic (exact) mass is 190 g/mol. The third-order valence-electron chi connectivity index (χ3n) is 2.10. The molecule has 12 heavy (non-hydrogen) atoms. The second kappa shape index (κ2) is 3.05. The molecule has 0 spiro atoms. The highest BCUT2D eigenvalue weighted by Gasteiger charge is 2.31. The predicted molar refractivity (Wildman–Crippen MR) is 48.2 cm³/mol. The van der Waals surface area contributed by atoms with Crippen molar-refractivity contribution in [2.75, 3.05) is 25.6 Å². The van der Waals surface area contributed by atoms with Gasteiger partial charge in [-0.1, -0.05) is 0 Å². The molecule has 0 saturated carbocycles. The highest BCUT2D eigenvalue weighted by atomic mass is 32.2. The van der Waals surface area contributed by atoms with Crippen molar-refractivity contribution < 1.29 is 8.42 Å². The third-order valence-corrected chi connectivity index (χ3v) is 3.87. The van der Waals surface area contributed by atoms with Gasteiger partial charge in [0.1, 0.15) is 0 Å². The Morgan fingerprint density at radius 3 is 2.42 bits per heavy atom. The van der Waals surface area contributed by atoms with Crippen LogP contribution in [0.1, 0.15) is 6.42 Å². The number of rotatable bonds is 1. The molecule has 4 nitrogen and oxygen atoms in total. The predicted octanol–water partition coefficient (Wildman–Crippen LogP) is -0.0400. The number of nitrogens with zero attached hydrogens (tertiary/aromatic N) is 1. The molecule has 1 N–H and O–H groups in total. The standard InChI is InChI=1S/C7H14N2O2S/c1-9(2)7(8)6-3-4-12(10,11)5-6/h6,8H,3-5H2,1-2H3. The maximum atomic E-state index is 11.1. The van der Waals surface area contributed by atoms with Crippen molar-refractivity contribution >= 4 is 15.7 Å². The molecule has 1 rings (SSSR count). The van der Waals surface area contributed by atoms with Crippen LogP contribution in [0, 0.1) is 11.3 Å². The summed E-state index contributed by atoms with van der Waals surface area (Å²) in [5, 5.41) is 7.58. The van der Waals surface area contributed by atoms with Gasteiger partial charge in [0.2, 0.25) is 0 Å². The molecule has 1 saturated heterocycles. The van der Waals surface area contributed by atoms with Crippen LogP contribution < -0.4 is 0 Å². The summed E-state index contributed by atoms with van der Waals surface area (Å²) in [6, 6.07) is 0. The van der Waals surface area contributed by atoms with Crippen LogP contribution in [0.3, 0.4) is 0 Å². The van der Waals surface area contributed by atoms with E-state index >= 15 is 0 Å². The van der Waals surface area contributed by atoms with Crippen molar-refractivity contribution in [3.05, 3.63) is 0 Å². The summed E-state index contributed by atoms with van der Waals surface area (Å²) in [6.07, 6.45) is 0.610. The highest BCUT2D eigenvalue weighted by molar-refractivity contribution is 7.91. The maximum absolute atomic E-state index is 11.1. The van der Waals surface area contributed by atoms with Gasteiger partial charge in [0, 0.05) is 20.0 Å². The Morgan fingerprint density at radius 1 is 1.50 bits per heavy atom. The molecule has 0 aromatic heterocycles. The average molecular weight is 190 g/mol. The summed E-state index contributed by atoms with van der Waals surface area (Å²) in [5.74, 6) is 0.749. The van der Waals surface area contributed by atoms with Gasteiger partial charge in [0.25, 0.3) is 0 Å². The number of amidine groups is 1. The van der Waals surface area contributed by atoms with Gasteiger partial charge < -0.3 is 4.90 Å². The van der Waals surface area contributed by atoms with Crippen LogP contribution in [0.25, 0.3) is 0 Å². The summed E-state index contributed by atoms with van der Waals surface area (Å²) >= 11 is 0. The third kappa shape index (κ3) is 1.97. The van der Waals surface area contributed by atoms with Crippen LogP contribution in [-0.4, -0.2) is 44.8 Å². The van der Waals surface area contributed by atoms with Gasteiger partial charge in [-0.3, -0.25) is 5.41 Å². The van der Waals surface area contributed by atoms with Crippen molar-refractivity contribution in [1.29, 1.82) is 5.41 Å². The molecule has 0 bridgehead atoms. The van der Waals surface area contributed by atoms with E-state index in [0.717, 1.165) is 0 Å². The second-order valence-corrected chi connectivity index (χ2v) is 5.61. The number of nitrogens with one attached hydrogen (secondary N) is 1. The lowest BCUT2D eigenvalue weighted by atomic mass is 10.1. The summed E-state index contributed by atoms with van der Waals surface area (Å²) in [6.45, 7) is 0.